The van der Waals surface area contributed by atoms with E-state index in [1.807, 2.05) is 6.92 Å². The van der Waals surface area contributed by atoms with Gasteiger partial charge in [-0.1, -0.05) is 6.92 Å². The predicted molar refractivity (Wildman–Crippen MR) is 96.3 cm³/mol. The summed E-state index contributed by atoms with van der Waals surface area (Å²) < 4.78 is 39.0. The van der Waals surface area contributed by atoms with E-state index in [4.69, 9.17) is 0 Å². The number of alkyl halides is 3. The maximum Gasteiger partial charge on any atom is 0.433 e. The van der Waals surface area contributed by atoms with E-state index in [2.05, 4.69) is 15.0 Å². The lowest BCUT2D eigenvalue weighted by molar-refractivity contribution is -0.141. The Morgan fingerprint density at radius 3 is 2.46 bits per heavy atom. The fourth-order valence-corrected chi connectivity index (χ4v) is 3.12. The highest BCUT2D eigenvalue weighted by atomic mass is 19.4. The van der Waals surface area contributed by atoms with Crippen molar-refractivity contribution in [1.29, 1.82) is 0 Å². The van der Waals surface area contributed by atoms with Crippen molar-refractivity contribution in [2.75, 3.05) is 31.1 Å². The number of nitrogens with zero attached hydrogens (tertiary/aromatic N) is 4. The number of aromatic amines is 1. The van der Waals surface area contributed by atoms with Crippen LogP contribution < -0.4 is 10.5 Å². The largest absolute Gasteiger partial charge is 0.433 e. The molecule has 1 aliphatic heterocycles. The summed E-state index contributed by atoms with van der Waals surface area (Å²) in [7, 11) is 0. The summed E-state index contributed by atoms with van der Waals surface area (Å²) in [5.41, 5.74) is -0.0141. The van der Waals surface area contributed by atoms with E-state index in [1.165, 1.54) is 19.1 Å². The third-order valence-corrected chi connectivity index (χ3v) is 4.57. The van der Waals surface area contributed by atoms with Crippen LogP contribution in [0, 0.1) is 6.92 Å². The van der Waals surface area contributed by atoms with E-state index in [-0.39, 0.29) is 23.1 Å². The molecule has 2 aromatic rings. The highest BCUT2D eigenvalue weighted by Crippen LogP contribution is 2.29. The van der Waals surface area contributed by atoms with Gasteiger partial charge in [-0.25, -0.2) is 9.97 Å². The molecule has 1 aliphatic rings. The molecule has 0 aliphatic carbocycles. The van der Waals surface area contributed by atoms with Crippen LogP contribution in [0.2, 0.25) is 0 Å². The number of anilines is 1. The van der Waals surface area contributed by atoms with Crippen molar-refractivity contribution < 1.29 is 18.0 Å². The first-order valence-corrected chi connectivity index (χ1v) is 8.88. The van der Waals surface area contributed by atoms with Crippen LogP contribution in [0.3, 0.4) is 0 Å². The number of rotatable bonds is 3. The van der Waals surface area contributed by atoms with Crippen LogP contribution in [0.15, 0.2) is 23.0 Å². The van der Waals surface area contributed by atoms with Crippen LogP contribution in [-0.2, 0) is 12.6 Å². The van der Waals surface area contributed by atoms with Gasteiger partial charge < -0.3 is 14.8 Å². The molecule has 3 heterocycles. The van der Waals surface area contributed by atoms with Gasteiger partial charge in [0.05, 0.1) is 5.56 Å². The second-order valence-corrected chi connectivity index (χ2v) is 6.54. The minimum atomic E-state index is -4.54. The number of carbonyl (C=O) groups excluding carboxylic acids is 1. The van der Waals surface area contributed by atoms with Crippen LogP contribution in [0.25, 0.3) is 0 Å². The molecule has 0 saturated carbocycles. The minimum absolute atomic E-state index is 0.0118. The van der Waals surface area contributed by atoms with Crippen molar-refractivity contribution in [3.8, 4) is 0 Å². The number of nitrogens with one attached hydrogen (secondary N) is 1. The van der Waals surface area contributed by atoms with E-state index >= 15 is 0 Å². The molecule has 1 saturated heterocycles. The Bertz CT molecular complexity index is 934. The van der Waals surface area contributed by atoms with E-state index in [0.717, 1.165) is 6.07 Å². The summed E-state index contributed by atoms with van der Waals surface area (Å²) in [5, 5.41) is 0. The fourth-order valence-electron chi connectivity index (χ4n) is 3.12. The maximum absolute atomic E-state index is 13.0. The zero-order valence-corrected chi connectivity index (χ0v) is 15.5. The van der Waals surface area contributed by atoms with Gasteiger partial charge in [-0.05, 0) is 25.5 Å². The van der Waals surface area contributed by atoms with E-state index < -0.39 is 11.9 Å². The quantitative estimate of drug-likeness (QED) is 0.860. The van der Waals surface area contributed by atoms with Crippen molar-refractivity contribution in [3.63, 3.8) is 0 Å². The molecule has 10 heteroatoms. The predicted octanol–water partition coefficient (Wildman–Crippen LogP) is 2.02. The number of halogens is 3. The smallest absolute Gasteiger partial charge is 0.337 e. The number of H-pyrrole nitrogens is 1. The van der Waals surface area contributed by atoms with Crippen molar-refractivity contribution in [1.82, 2.24) is 19.9 Å². The second-order valence-electron chi connectivity index (χ2n) is 6.54. The first-order valence-electron chi connectivity index (χ1n) is 8.88. The molecular weight excluding hydrogens is 375 g/mol. The van der Waals surface area contributed by atoms with Gasteiger partial charge in [-0.3, -0.25) is 9.59 Å². The van der Waals surface area contributed by atoms with Crippen LogP contribution >= 0.6 is 0 Å². The first kappa shape index (κ1) is 19.8. The van der Waals surface area contributed by atoms with Crippen LogP contribution in [0.1, 0.15) is 34.4 Å². The van der Waals surface area contributed by atoms with Gasteiger partial charge in [-0.2, -0.15) is 13.2 Å². The van der Waals surface area contributed by atoms with Gasteiger partial charge in [0.1, 0.15) is 5.69 Å². The van der Waals surface area contributed by atoms with E-state index in [1.54, 1.807) is 9.80 Å². The average Bonchev–Trinajstić information content (AvgIpc) is 2.66. The highest BCUT2D eigenvalue weighted by molar-refractivity contribution is 5.95. The number of carbonyl (C=O) groups is 1. The van der Waals surface area contributed by atoms with Crippen molar-refractivity contribution in [3.05, 3.63) is 51.2 Å². The molecule has 0 spiro atoms. The van der Waals surface area contributed by atoms with Crippen LogP contribution in [-0.4, -0.2) is 51.9 Å². The summed E-state index contributed by atoms with van der Waals surface area (Å²) in [6, 6.07) is 3.72. The first-order chi connectivity index (χ1) is 13.2. The van der Waals surface area contributed by atoms with Gasteiger partial charge in [0, 0.05) is 43.6 Å². The van der Waals surface area contributed by atoms with E-state index in [9.17, 15) is 22.8 Å². The number of amides is 1. The third kappa shape index (κ3) is 4.15. The standard InChI is InChI=1S/C18H20F3N5O2/c1-3-13-12(4-5-15(27)23-13)16(28)25-6-8-26(9-7-25)17-22-11(2)10-14(24-17)18(19,20)21/h4-5,10H,3,6-9H2,1-2H3,(H,23,27). The Kier molecular flexibility index (Phi) is 5.39. The zero-order valence-electron chi connectivity index (χ0n) is 15.5. The highest BCUT2D eigenvalue weighted by Gasteiger charge is 2.34. The molecule has 1 N–H and O–H groups in total. The molecule has 1 fully saturated rings. The number of aromatic nitrogens is 3. The summed E-state index contributed by atoms with van der Waals surface area (Å²) in [4.78, 5) is 37.9. The molecule has 0 bridgehead atoms. The lowest BCUT2D eigenvalue weighted by Crippen LogP contribution is -2.49. The van der Waals surface area contributed by atoms with Gasteiger partial charge in [0.25, 0.3) is 5.91 Å². The van der Waals surface area contributed by atoms with Gasteiger partial charge in [-0.15, -0.1) is 0 Å². The Hall–Kier alpha value is -2.91. The Morgan fingerprint density at radius 1 is 1.18 bits per heavy atom. The van der Waals surface area contributed by atoms with E-state index in [0.29, 0.717) is 43.9 Å². The Morgan fingerprint density at radius 2 is 1.86 bits per heavy atom. The number of aryl methyl sites for hydroxylation is 2. The topological polar surface area (TPSA) is 82.2 Å². The van der Waals surface area contributed by atoms with Crippen molar-refractivity contribution >= 4 is 11.9 Å². The molecule has 0 radical (unpaired) electrons. The molecule has 3 rings (SSSR count). The zero-order chi connectivity index (χ0) is 20.5. The number of pyridine rings is 1. The monoisotopic (exact) mass is 395 g/mol. The second kappa shape index (κ2) is 7.61. The molecule has 0 unspecified atom stereocenters. The molecule has 0 aromatic carbocycles. The van der Waals surface area contributed by atoms with Crippen LogP contribution in [0.5, 0.6) is 0 Å². The molecule has 150 valence electrons. The lowest BCUT2D eigenvalue weighted by Gasteiger charge is -2.35. The number of hydrogen-bond acceptors (Lipinski definition) is 5. The molecule has 1 amide bonds. The van der Waals surface area contributed by atoms with Gasteiger partial charge in [0.15, 0.2) is 0 Å². The summed E-state index contributed by atoms with van der Waals surface area (Å²) >= 11 is 0. The SMILES string of the molecule is CCc1[nH]c(=O)ccc1C(=O)N1CCN(c2nc(C)cc(C(F)(F)F)n2)CC1. The minimum Gasteiger partial charge on any atom is -0.337 e. The van der Waals surface area contributed by atoms with Crippen molar-refractivity contribution in [2.24, 2.45) is 0 Å². The average molecular weight is 395 g/mol. The fraction of sp³-hybridized carbons (Fsp3) is 0.444. The maximum atomic E-state index is 13.0. The van der Waals surface area contributed by atoms with Gasteiger partial charge in [0.2, 0.25) is 11.5 Å². The van der Waals surface area contributed by atoms with Gasteiger partial charge >= 0.3 is 6.18 Å². The third-order valence-electron chi connectivity index (χ3n) is 4.57. The summed E-state index contributed by atoms with van der Waals surface area (Å²) in [6.07, 6.45) is -4.03. The number of piperazine rings is 1. The molecular formula is C18H20F3N5O2. The Labute approximate surface area is 159 Å². The Balaban J connectivity index is 1.74. The summed E-state index contributed by atoms with van der Waals surface area (Å²) in [6.45, 7) is 4.60. The normalized spacial score (nSPS) is 15.0. The lowest BCUT2D eigenvalue weighted by atomic mass is 10.1. The molecule has 7 nitrogen and oxygen atoms in total. The molecule has 2 aromatic heterocycles. The van der Waals surface area contributed by atoms with Crippen LogP contribution in [0.4, 0.5) is 19.1 Å². The van der Waals surface area contributed by atoms with Crippen molar-refractivity contribution in [2.45, 2.75) is 26.4 Å². The summed E-state index contributed by atoms with van der Waals surface area (Å²) in [5.74, 6) is -0.202. The molecule has 28 heavy (non-hydrogen) atoms. The number of hydrogen-bond donors (Lipinski definition) is 1. The molecule has 0 atom stereocenters.